The first kappa shape index (κ1) is 29.1. The third-order valence-electron chi connectivity index (χ3n) is 8.01. The summed E-state index contributed by atoms with van der Waals surface area (Å²) in [5.41, 5.74) is 3.39. The third-order valence-corrected chi connectivity index (χ3v) is 14.2. The van der Waals surface area contributed by atoms with Gasteiger partial charge in [0.05, 0.1) is 19.9 Å². The lowest BCUT2D eigenvalue weighted by molar-refractivity contribution is 0.0532. The van der Waals surface area contributed by atoms with E-state index in [0.717, 1.165) is 34.6 Å². The van der Waals surface area contributed by atoms with Gasteiger partial charge in [-0.25, -0.2) is 4.79 Å². The second kappa shape index (κ2) is 12.2. The molecule has 4 aromatic carbocycles. The third kappa shape index (κ3) is 5.84. The van der Waals surface area contributed by atoms with Crippen molar-refractivity contribution in [3.63, 3.8) is 0 Å². The molecule has 0 unspecified atom stereocenters. The molecule has 0 saturated heterocycles. The summed E-state index contributed by atoms with van der Waals surface area (Å²) in [5.74, 6) is 1.15. The van der Waals surface area contributed by atoms with Crippen LogP contribution in [0.15, 0.2) is 91.0 Å². The van der Waals surface area contributed by atoms with Crippen molar-refractivity contribution in [3.05, 3.63) is 113 Å². The minimum Gasteiger partial charge on any atom is -0.496 e. The van der Waals surface area contributed by atoms with Crippen LogP contribution in [0.3, 0.4) is 0 Å². The minimum absolute atomic E-state index is 0.260. The van der Waals surface area contributed by atoms with Gasteiger partial charge in [0.15, 0.2) is 0 Å². The molecule has 0 fully saturated rings. The van der Waals surface area contributed by atoms with Crippen LogP contribution in [0, 0.1) is 6.92 Å². The van der Waals surface area contributed by atoms with Gasteiger partial charge in [-0.3, -0.25) is 0 Å². The molecule has 212 valence electrons. The highest BCUT2D eigenvalue weighted by Gasteiger charge is 2.45. The van der Waals surface area contributed by atoms with E-state index in [1.165, 1.54) is 15.9 Å². The maximum Gasteiger partial charge on any atom is 0.342 e. The molecule has 0 radical (unpaired) electrons. The Labute approximate surface area is 246 Å². The zero-order valence-corrected chi connectivity index (χ0v) is 26.7. The molecule has 0 atom stereocenters. The van der Waals surface area contributed by atoms with Crippen LogP contribution in [-0.2, 0) is 17.8 Å². The number of hydrogen-bond donors (Lipinski definition) is 0. The molecule has 0 aromatic heterocycles. The molecular weight excluding hydrogens is 543 g/mol. The first-order valence-electron chi connectivity index (χ1n) is 14.3. The minimum atomic E-state index is -2.09. The van der Waals surface area contributed by atoms with E-state index in [-0.39, 0.29) is 12.6 Å². The average molecular weight is 584 g/mol. The fourth-order valence-corrected chi connectivity index (χ4v) is 10.8. The van der Waals surface area contributed by atoms with E-state index in [0.29, 0.717) is 24.3 Å². The number of rotatable bonds is 11. The smallest absolute Gasteiger partial charge is 0.342 e. The first-order valence-corrected chi connectivity index (χ1v) is 20.0. The summed E-state index contributed by atoms with van der Waals surface area (Å²) in [6.45, 7) is 9.88. The van der Waals surface area contributed by atoms with Crippen molar-refractivity contribution >= 4 is 37.2 Å². The molecule has 6 heteroatoms. The van der Waals surface area contributed by atoms with Gasteiger partial charge in [-0.1, -0.05) is 74.2 Å². The molecule has 1 heterocycles. The zero-order valence-electron chi connectivity index (χ0n) is 24.8. The van der Waals surface area contributed by atoms with Gasteiger partial charge in [0.2, 0.25) is 0 Å². The molecule has 5 rings (SSSR count). The Bertz CT molecular complexity index is 1400. The quantitative estimate of drug-likeness (QED) is 0.109. The zero-order chi connectivity index (χ0) is 29.0. The van der Waals surface area contributed by atoms with Crippen molar-refractivity contribution in [3.8, 4) is 11.5 Å². The van der Waals surface area contributed by atoms with Crippen LogP contribution in [0.1, 0.15) is 27.0 Å². The fourth-order valence-electron chi connectivity index (χ4n) is 5.83. The van der Waals surface area contributed by atoms with Crippen molar-refractivity contribution in [2.45, 2.75) is 45.6 Å². The number of carbonyl (C=O) groups excluding carboxylic acids is 1. The highest BCUT2D eigenvalue weighted by molar-refractivity contribution is 7.95. The summed E-state index contributed by atoms with van der Waals surface area (Å²) >= 11 is 0. The van der Waals surface area contributed by atoms with Crippen LogP contribution in [0.5, 0.6) is 11.5 Å². The van der Waals surface area contributed by atoms with Crippen molar-refractivity contribution in [1.82, 2.24) is 0 Å². The molecule has 1 aliphatic rings. The number of benzene rings is 4. The average Bonchev–Trinajstić information content (AvgIpc) is 3.37. The molecule has 0 amide bonds. The number of fused-ring (bicyclic) bond motifs is 1. The second-order valence-corrected chi connectivity index (χ2v) is 21.1. The van der Waals surface area contributed by atoms with E-state index in [1.807, 2.05) is 6.92 Å². The fraction of sp³-hybridized carbons (Fsp3) is 0.286. The Balaban J connectivity index is 1.68. The lowest BCUT2D eigenvalue weighted by Crippen LogP contribution is -2.34. The molecule has 4 nitrogen and oxygen atoms in total. The molecular formula is C35H40O4PSi+. The van der Waals surface area contributed by atoms with Gasteiger partial charge in [0.1, 0.15) is 46.8 Å². The number of ether oxygens (including phenoxy) is 3. The predicted molar refractivity (Wildman–Crippen MR) is 174 cm³/mol. The van der Waals surface area contributed by atoms with Gasteiger partial charge in [-0.2, -0.15) is 0 Å². The summed E-state index contributed by atoms with van der Waals surface area (Å²) in [5, 5.41) is 3.99. The lowest BCUT2D eigenvalue weighted by Gasteiger charge is -2.29. The van der Waals surface area contributed by atoms with E-state index >= 15 is 0 Å². The largest absolute Gasteiger partial charge is 0.496 e. The maximum atomic E-state index is 13.1. The van der Waals surface area contributed by atoms with E-state index in [1.54, 1.807) is 7.11 Å². The second-order valence-electron chi connectivity index (χ2n) is 11.8. The molecule has 4 aromatic rings. The maximum absolute atomic E-state index is 13.1. The summed E-state index contributed by atoms with van der Waals surface area (Å²) in [7, 11) is -1.73. The van der Waals surface area contributed by atoms with Gasteiger partial charge in [0, 0.05) is 25.6 Å². The SMILES string of the molecule is COc1c(C)c2c(c(OCC[Si](C)(C)C)c1CC[P+](c1ccccc1)(c1ccccc1)c1ccccc1)C(=O)OC2. The summed E-state index contributed by atoms with van der Waals surface area (Å²) in [6, 6.07) is 33.7. The van der Waals surface area contributed by atoms with Crippen molar-refractivity contribution in [1.29, 1.82) is 0 Å². The molecule has 0 N–H and O–H groups in total. The van der Waals surface area contributed by atoms with Crippen LogP contribution in [0.25, 0.3) is 0 Å². The summed E-state index contributed by atoms with van der Waals surface area (Å²) in [4.78, 5) is 13.1. The van der Waals surface area contributed by atoms with E-state index in [2.05, 4.69) is 111 Å². The van der Waals surface area contributed by atoms with Gasteiger partial charge < -0.3 is 14.2 Å². The lowest BCUT2D eigenvalue weighted by atomic mass is 9.95. The Morgan fingerprint density at radius 1 is 0.805 bits per heavy atom. The van der Waals surface area contributed by atoms with Crippen LogP contribution in [0.4, 0.5) is 0 Å². The van der Waals surface area contributed by atoms with Crippen molar-refractivity contribution < 1.29 is 19.0 Å². The number of hydrogen-bond acceptors (Lipinski definition) is 4. The van der Waals surface area contributed by atoms with Crippen molar-refractivity contribution in [2.75, 3.05) is 19.9 Å². The number of esters is 1. The standard InChI is InChI=1S/C35H40O4PSi/c1-26-31-25-39-35(36)32(31)34(38-22-24-41(3,4)5)30(33(26)37-2)21-23-40(27-15-9-6-10-16-27,28-17-11-7-12-18-28)29-19-13-8-14-20-29/h6-20H,21-25H2,1-5H3/q+1. The van der Waals surface area contributed by atoms with Gasteiger partial charge >= 0.3 is 5.97 Å². The van der Waals surface area contributed by atoms with Crippen LogP contribution < -0.4 is 25.4 Å². The highest BCUT2D eigenvalue weighted by atomic mass is 31.2. The van der Waals surface area contributed by atoms with E-state index in [9.17, 15) is 4.79 Å². The van der Waals surface area contributed by atoms with Gasteiger partial charge in [-0.05, 0) is 54.9 Å². The van der Waals surface area contributed by atoms with Gasteiger partial charge in [0.25, 0.3) is 0 Å². The van der Waals surface area contributed by atoms with Crippen molar-refractivity contribution in [2.24, 2.45) is 0 Å². The summed E-state index contributed by atoms with van der Waals surface area (Å²) < 4.78 is 18.2. The normalized spacial score (nSPS) is 13.0. The Kier molecular flexibility index (Phi) is 8.68. The Hall–Kier alpha value is -3.40. The molecule has 1 aliphatic heterocycles. The molecule has 0 spiro atoms. The number of cyclic esters (lactones) is 1. The van der Waals surface area contributed by atoms with Crippen LogP contribution in [0.2, 0.25) is 25.7 Å². The molecule has 0 saturated carbocycles. The van der Waals surface area contributed by atoms with Crippen LogP contribution in [-0.4, -0.2) is 33.9 Å². The molecule has 41 heavy (non-hydrogen) atoms. The Morgan fingerprint density at radius 2 is 1.32 bits per heavy atom. The molecule has 0 bridgehead atoms. The number of methoxy groups -OCH3 is 1. The topological polar surface area (TPSA) is 44.8 Å². The first-order chi connectivity index (χ1) is 19.8. The summed E-state index contributed by atoms with van der Waals surface area (Å²) in [6.07, 6.45) is 1.55. The van der Waals surface area contributed by atoms with Gasteiger partial charge in [-0.15, -0.1) is 0 Å². The predicted octanol–water partition coefficient (Wildman–Crippen LogP) is 6.93. The van der Waals surface area contributed by atoms with Crippen LogP contribution >= 0.6 is 7.26 Å². The number of carbonyl (C=O) groups is 1. The van der Waals surface area contributed by atoms with E-state index < -0.39 is 15.3 Å². The molecule has 0 aliphatic carbocycles. The highest BCUT2D eigenvalue weighted by Crippen LogP contribution is 2.56. The monoisotopic (exact) mass is 583 g/mol. The Morgan fingerprint density at radius 3 is 1.78 bits per heavy atom. The van der Waals surface area contributed by atoms with E-state index in [4.69, 9.17) is 14.2 Å².